The number of methoxy groups -OCH3 is 1. The number of nitrogens with zero attached hydrogens (tertiary/aromatic N) is 2. The number of alkyl halides is 1. The van der Waals surface area contributed by atoms with Gasteiger partial charge in [0.25, 0.3) is 10.2 Å². The van der Waals surface area contributed by atoms with Gasteiger partial charge >= 0.3 is 0 Å². The van der Waals surface area contributed by atoms with E-state index in [0.717, 1.165) is 25.7 Å². The van der Waals surface area contributed by atoms with Gasteiger partial charge < -0.3 is 4.74 Å². The van der Waals surface area contributed by atoms with Gasteiger partial charge in [-0.15, -0.1) is 11.6 Å². The predicted molar refractivity (Wildman–Crippen MR) is 84.7 cm³/mol. The average molecular weight is 339 g/mol. The molecule has 2 rings (SSSR count). The summed E-state index contributed by atoms with van der Waals surface area (Å²) in [6, 6.07) is 0.0570. The smallest absolute Gasteiger partial charge is 0.282 e. The first-order valence-corrected chi connectivity index (χ1v) is 9.75. The lowest BCUT2D eigenvalue weighted by Crippen LogP contribution is -2.52. The molecule has 2 fully saturated rings. The van der Waals surface area contributed by atoms with Crippen molar-refractivity contribution in [1.29, 1.82) is 0 Å². The Morgan fingerprint density at radius 3 is 2.67 bits per heavy atom. The molecule has 0 N–H and O–H groups in total. The van der Waals surface area contributed by atoms with Gasteiger partial charge in [0.05, 0.1) is 6.61 Å². The van der Waals surface area contributed by atoms with Gasteiger partial charge in [0.2, 0.25) is 0 Å². The summed E-state index contributed by atoms with van der Waals surface area (Å²) in [7, 11) is -1.81. The first-order valence-electron chi connectivity index (χ1n) is 7.82. The molecule has 2 atom stereocenters. The van der Waals surface area contributed by atoms with Crippen molar-refractivity contribution in [3.8, 4) is 0 Å². The van der Waals surface area contributed by atoms with Crippen molar-refractivity contribution in [3.05, 3.63) is 0 Å². The zero-order chi connectivity index (χ0) is 15.5. The third-order valence-corrected chi connectivity index (χ3v) is 7.13. The Morgan fingerprint density at radius 2 is 2.10 bits per heavy atom. The number of hydrogen-bond acceptors (Lipinski definition) is 3. The van der Waals surface area contributed by atoms with E-state index in [9.17, 15) is 8.42 Å². The van der Waals surface area contributed by atoms with Gasteiger partial charge in [-0.05, 0) is 44.4 Å². The Balaban J connectivity index is 2.11. The molecule has 0 radical (unpaired) electrons. The van der Waals surface area contributed by atoms with Crippen LogP contribution in [0, 0.1) is 11.8 Å². The molecule has 0 aromatic rings. The molecule has 1 saturated carbocycles. The summed E-state index contributed by atoms with van der Waals surface area (Å²) in [6.07, 6.45) is 4.17. The fourth-order valence-corrected chi connectivity index (χ4v) is 5.24. The Hall–Kier alpha value is 0.120. The molecule has 0 aromatic carbocycles. The Labute approximate surface area is 133 Å². The molecular formula is C14H27ClN2O3S. The number of rotatable bonds is 8. The zero-order valence-electron chi connectivity index (χ0n) is 13.0. The minimum absolute atomic E-state index is 0.0570. The van der Waals surface area contributed by atoms with Gasteiger partial charge in [-0.2, -0.15) is 17.0 Å². The lowest BCUT2D eigenvalue weighted by atomic mass is 10.0. The molecule has 0 spiro atoms. The van der Waals surface area contributed by atoms with Crippen LogP contribution < -0.4 is 0 Å². The standard InChI is InChI=1S/C14H27ClN2O3S/c1-12(14-5-6-14)17(8-9-20-2)21(18,19)16-7-3-4-13(10-15)11-16/h12-14H,3-11H2,1-2H3. The molecule has 21 heavy (non-hydrogen) atoms. The van der Waals surface area contributed by atoms with Crippen LogP contribution in [0.25, 0.3) is 0 Å². The highest BCUT2D eigenvalue weighted by Crippen LogP contribution is 2.37. The summed E-state index contributed by atoms with van der Waals surface area (Å²) in [6.45, 7) is 4.04. The Bertz CT molecular complexity index is 428. The van der Waals surface area contributed by atoms with E-state index in [0.29, 0.717) is 38.0 Å². The van der Waals surface area contributed by atoms with E-state index in [1.54, 1.807) is 15.7 Å². The molecule has 1 saturated heterocycles. The highest BCUT2D eigenvalue weighted by molar-refractivity contribution is 7.86. The second kappa shape index (κ2) is 7.59. The van der Waals surface area contributed by atoms with Crippen molar-refractivity contribution in [2.45, 2.75) is 38.6 Å². The van der Waals surface area contributed by atoms with Gasteiger partial charge in [0.1, 0.15) is 0 Å². The molecule has 2 aliphatic rings. The third kappa shape index (κ3) is 4.32. The maximum Gasteiger partial charge on any atom is 0.282 e. The lowest BCUT2D eigenvalue weighted by Gasteiger charge is -2.37. The highest BCUT2D eigenvalue weighted by Gasteiger charge is 2.41. The highest BCUT2D eigenvalue weighted by atomic mass is 35.5. The summed E-state index contributed by atoms with van der Waals surface area (Å²) < 4.78 is 34.3. The van der Waals surface area contributed by atoms with E-state index in [-0.39, 0.29) is 12.0 Å². The first kappa shape index (κ1) is 17.5. The van der Waals surface area contributed by atoms with Gasteiger partial charge in [0, 0.05) is 38.7 Å². The van der Waals surface area contributed by atoms with Crippen molar-refractivity contribution in [2.24, 2.45) is 11.8 Å². The molecule has 0 aromatic heterocycles. The number of piperidine rings is 1. The van der Waals surface area contributed by atoms with Gasteiger partial charge in [-0.3, -0.25) is 0 Å². The van der Waals surface area contributed by atoms with Crippen LogP contribution in [-0.4, -0.2) is 62.3 Å². The second-order valence-electron chi connectivity index (χ2n) is 6.21. The van der Waals surface area contributed by atoms with Crippen LogP contribution in [0.3, 0.4) is 0 Å². The fourth-order valence-electron chi connectivity index (χ4n) is 3.03. The molecular weight excluding hydrogens is 312 g/mol. The minimum Gasteiger partial charge on any atom is -0.383 e. The number of hydrogen-bond donors (Lipinski definition) is 0. The van der Waals surface area contributed by atoms with E-state index >= 15 is 0 Å². The lowest BCUT2D eigenvalue weighted by molar-refractivity contribution is 0.156. The summed E-state index contributed by atoms with van der Waals surface area (Å²) in [5, 5.41) is 0. The van der Waals surface area contributed by atoms with Gasteiger partial charge in [0.15, 0.2) is 0 Å². The monoisotopic (exact) mass is 338 g/mol. The van der Waals surface area contributed by atoms with Gasteiger partial charge in [-0.1, -0.05) is 0 Å². The largest absolute Gasteiger partial charge is 0.383 e. The first-order chi connectivity index (χ1) is 10.0. The number of halogens is 1. The molecule has 5 nitrogen and oxygen atoms in total. The minimum atomic E-state index is -3.42. The number of ether oxygens (including phenoxy) is 1. The molecule has 1 heterocycles. The molecule has 0 bridgehead atoms. The molecule has 124 valence electrons. The summed E-state index contributed by atoms with van der Waals surface area (Å²) in [4.78, 5) is 0. The van der Waals surface area contributed by atoms with Crippen molar-refractivity contribution in [3.63, 3.8) is 0 Å². The van der Waals surface area contributed by atoms with Gasteiger partial charge in [-0.25, -0.2) is 0 Å². The van der Waals surface area contributed by atoms with Crippen LogP contribution in [-0.2, 0) is 14.9 Å². The summed E-state index contributed by atoms with van der Waals surface area (Å²) in [5.74, 6) is 1.31. The molecule has 1 aliphatic heterocycles. The molecule has 2 unspecified atom stereocenters. The van der Waals surface area contributed by atoms with Crippen LogP contribution in [0.5, 0.6) is 0 Å². The Morgan fingerprint density at radius 1 is 1.38 bits per heavy atom. The fraction of sp³-hybridized carbons (Fsp3) is 1.00. The van der Waals surface area contributed by atoms with Crippen LogP contribution >= 0.6 is 11.6 Å². The molecule has 1 aliphatic carbocycles. The van der Waals surface area contributed by atoms with Crippen LogP contribution in [0.15, 0.2) is 0 Å². The third-order valence-electron chi connectivity index (χ3n) is 4.60. The normalized spacial score (nSPS) is 26.2. The van der Waals surface area contributed by atoms with Crippen LogP contribution in [0.2, 0.25) is 0 Å². The topological polar surface area (TPSA) is 49.9 Å². The van der Waals surface area contributed by atoms with E-state index < -0.39 is 10.2 Å². The second-order valence-corrected chi connectivity index (χ2v) is 8.40. The maximum absolute atomic E-state index is 13.0. The van der Waals surface area contributed by atoms with E-state index in [2.05, 4.69) is 0 Å². The summed E-state index contributed by atoms with van der Waals surface area (Å²) in [5.41, 5.74) is 0. The summed E-state index contributed by atoms with van der Waals surface area (Å²) >= 11 is 5.93. The SMILES string of the molecule is COCCN(C(C)C1CC1)S(=O)(=O)N1CCCC(CCl)C1. The van der Waals surface area contributed by atoms with Crippen LogP contribution in [0.1, 0.15) is 32.6 Å². The predicted octanol–water partition coefficient (Wildman–Crippen LogP) is 1.93. The molecule has 0 amide bonds. The van der Waals surface area contributed by atoms with Crippen molar-refractivity contribution >= 4 is 21.8 Å². The maximum atomic E-state index is 13.0. The van der Waals surface area contributed by atoms with Crippen LogP contribution in [0.4, 0.5) is 0 Å². The quantitative estimate of drug-likeness (QED) is 0.635. The zero-order valence-corrected chi connectivity index (χ0v) is 14.6. The van der Waals surface area contributed by atoms with Crippen molar-refractivity contribution in [2.75, 3.05) is 39.2 Å². The van der Waals surface area contributed by atoms with E-state index in [1.165, 1.54) is 0 Å². The molecule has 7 heteroatoms. The van der Waals surface area contributed by atoms with E-state index in [4.69, 9.17) is 16.3 Å². The Kier molecular flexibility index (Phi) is 6.32. The van der Waals surface area contributed by atoms with Crippen molar-refractivity contribution < 1.29 is 13.2 Å². The van der Waals surface area contributed by atoms with E-state index in [1.807, 2.05) is 6.92 Å². The van der Waals surface area contributed by atoms with Crippen molar-refractivity contribution in [1.82, 2.24) is 8.61 Å². The average Bonchev–Trinajstić information content (AvgIpc) is 3.32.